The van der Waals surface area contributed by atoms with Crippen molar-refractivity contribution in [3.8, 4) is 0 Å². The highest BCUT2D eigenvalue weighted by atomic mass is 16.5. The van der Waals surface area contributed by atoms with Gasteiger partial charge in [-0.2, -0.15) is 0 Å². The molecule has 1 N–H and O–H groups in total. The van der Waals surface area contributed by atoms with Crippen molar-refractivity contribution >= 4 is 11.9 Å². The van der Waals surface area contributed by atoms with Crippen LogP contribution in [-0.4, -0.2) is 55.2 Å². The van der Waals surface area contributed by atoms with E-state index in [2.05, 4.69) is 16.3 Å². The van der Waals surface area contributed by atoms with Gasteiger partial charge in [-0.15, -0.1) is 0 Å². The van der Waals surface area contributed by atoms with Crippen LogP contribution in [-0.2, 0) is 20.9 Å². The van der Waals surface area contributed by atoms with Crippen LogP contribution in [0.2, 0.25) is 0 Å². The highest BCUT2D eigenvalue weighted by molar-refractivity contribution is 5.89. The van der Waals surface area contributed by atoms with Gasteiger partial charge in [-0.05, 0) is 73.6 Å². The average molecular weight is 519 g/mol. The van der Waals surface area contributed by atoms with E-state index >= 15 is 0 Å². The lowest BCUT2D eigenvalue weighted by Crippen LogP contribution is -2.50. The zero-order valence-corrected chi connectivity index (χ0v) is 22.6. The fraction of sp³-hybridized carbons (Fsp3) is 0.562. The molecular formula is C32H42N2O4. The molecule has 1 saturated carbocycles. The van der Waals surface area contributed by atoms with Crippen LogP contribution in [0.4, 0.5) is 0 Å². The maximum atomic E-state index is 13.2. The first kappa shape index (κ1) is 26.9. The minimum atomic E-state index is -0.270. The number of esters is 2. The Bertz CT molecular complexity index is 1050. The fourth-order valence-electron chi connectivity index (χ4n) is 7.03. The van der Waals surface area contributed by atoms with Crippen molar-refractivity contribution in [3.63, 3.8) is 0 Å². The molecule has 2 bridgehead atoms. The van der Waals surface area contributed by atoms with Crippen molar-refractivity contribution in [1.29, 1.82) is 0 Å². The van der Waals surface area contributed by atoms with E-state index in [1.54, 1.807) is 0 Å². The quantitative estimate of drug-likeness (QED) is 0.421. The Kier molecular flexibility index (Phi) is 9.13. The van der Waals surface area contributed by atoms with Crippen molar-refractivity contribution in [2.24, 2.45) is 5.92 Å². The number of hydrogen-bond acceptors (Lipinski definition) is 6. The van der Waals surface area contributed by atoms with Crippen LogP contribution < -0.4 is 5.32 Å². The number of carbonyl (C=O) groups excluding carboxylic acids is 2. The minimum Gasteiger partial charge on any atom is -0.465 e. The molecule has 5 rings (SSSR count). The number of fused-ring (bicyclic) bond motifs is 2. The number of methoxy groups -OCH3 is 1. The molecule has 2 aromatic carbocycles. The van der Waals surface area contributed by atoms with Gasteiger partial charge in [0.2, 0.25) is 0 Å². The summed E-state index contributed by atoms with van der Waals surface area (Å²) in [5, 5.41) is 3.64. The zero-order valence-electron chi connectivity index (χ0n) is 22.6. The maximum absolute atomic E-state index is 13.2. The number of rotatable bonds is 10. The van der Waals surface area contributed by atoms with Crippen molar-refractivity contribution in [2.45, 2.75) is 88.4 Å². The first-order valence-corrected chi connectivity index (χ1v) is 14.5. The third-order valence-corrected chi connectivity index (χ3v) is 9.00. The topological polar surface area (TPSA) is 67.9 Å². The van der Waals surface area contributed by atoms with E-state index in [1.165, 1.54) is 44.8 Å². The van der Waals surface area contributed by atoms with E-state index in [9.17, 15) is 9.59 Å². The monoisotopic (exact) mass is 518 g/mol. The number of nitrogens with zero attached hydrogens (tertiary/aromatic N) is 1. The number of carbonyl (C=O) groups is 2. The van der Waals surface area contributed by atoms with E-state index in [0.717, 1.165) is 44.3 Å². The average Bonchev–Trinajstić information content (AvgIpc) is 3.20. The Hall–Kier alpha value is -2.70. The molecule has 38 heavy (non-hydrogen) atoms. The molecule has 2 saturated heterocycles. The molecule has 4 atom stereocenters. The molecule has 2 aromatic rings. The van der Waals surface area contributed by atoms with Gasteiger partial charge in [0.25, 0.3) is 0 Å². The summed E-state index contributed by atoms with van der Waals surface area (Å²) in [7, 11) is 1.43. The van der Waals surface area contributed by atoms with Crippen LogP contribution in [0.1, 0.15) is 85.2 Å². The van der Waals surface area contributed by atoms with E-state index in [-0.39, 0.29) is 18.0 Å². The van der Waals surface area contributed by atoms with Crippen LogP contribution in [0.5, 0.6) is 0 Å². The standard InChI is InChI=1S/C32H42N2O4/c1-37-31(35)26-14-8-13-25(19-26)27-20-28-15-16-29(21-27)34(28)18-17-33-30(24-11-6-3-7-12-24)32(36)38-22-23-9-4-2-5-10-23/h2,4-5,8-10,13-14,19,24,27-30,33H,3,6-7,11-12,15-18,20-22H2,1H3/t27?,28-,29+,30?. The lowest BCUT2D eigenvalue weighted by Gasteiger charge is -2.39. The van der Waals surface area contributed by atoms with E-state index < -0.39 is 0 Å². The Morgan fingerprint density at radius 1 is 0.947 bits per heavy atom. The smallest absolute Gasteiger partial charge is 0.337 e. The second kappa shape index (κ2) is 12.9. The minimum absolute atomic E-state index is 0.104. The first-order valence-electron chi connectivity index (χ1n) is 14.5. The van der Waals surface area contributed by atoms with E-state index in [0.29, 0.717) is 36.1 Å². The summed E-state index contributed by atoms with van der Waals surface area (Å²) < 4.78 is 10.7. The molecule has 3 fully saturated rings. The second-order valence-electron chi connectivity index (χ2n) is 11.3. The molecular weight excluding hydrogens is 476 g/mol. The van der Waals surface area contributed by atoms with Crippen LogP contribution in [0.15, 0.2) is 54.6 Å². The van der Waals surface area contributed by atoms with Gasteiger partial charge in [-0.3, -0.25) is 9.69 Å². The maximum Gasteiger partial charge on any atom is 0.337 e. The number of ether oxygens (including phenoxy) is 2. The van der Waals surface area contributed by atoms with Crippen LogP contribution in [0, 0.1) is 5.92 Å². The SMILES string of the molecule is COC(=O)c1cccc(C2C[C@H]3CC[C@@H](C2)N3CCNC(C(=O)OCc2ccccc2)C2CCCCC2)c1. The number of hydrogen-bond donors (Lipinski definition) is 1. The number of piperidine rings is 1. The molecule has 0 spiro atoms. The second-order valence-corrected chi connectivity index (χ2v) is 11.3. The summed E-state index contributed by atoms with van der Waals surface area (Å²) in [5.41, 5.74) is 2.91. The Morgan fingerprint density at radius 3 is 2.39 bits per heavy atom. The highest BCUT2D eigenvalue weighted by Gasteiger charge is 2.41. The molecule has 1 aliphatic carbocycles. The first-order chi connectivity index (χ1) is 18.6. The van der Waals surface area contributed by atoms with Crippen LogP contribution in [0.3, 0.4) is 0 Å². The highest BCUT2D eigenvalue weighted by Crippen LogP contribution is 2.43. The molecule has 3 aliphatic rings. The van der Waals surface area contributed by atoms with Gasteiger partial charge >= 0.3 is 11.9 Å². The zero-order chi connectivity index (χ0) is 26.3. The number of benzene rings is 2. The predicted octanol–water partition coefficient (Wildman–Crippen LogP) is 5.47. The van der Waals surface area contributed by atoms with Gasteiger partial charge in [0, 0.05) is 25.2 Å². The van der Waals surface area contributed by atoms with E-state index in [1.807, 2.05) is 48.5 Å². The predicted molar refractivity (Wildman–Crippen MR) is 148 cm³/mol. The normalized spacial score (nSPS) is 24.6. The molecule has 2 unspecified atom stereocenters. The van der Waals surface area contributed by atoms with Crippen LogP contribution in [0.25, 0.3) is 0 Å². The Morgan fingerprint density at radius 2 is 1.68 bits per heavy atom. The van der Waals surface area contributed by atoms with Gasteiger partial charge in [-0.1, -0.05) is 61.7 Å². The van der Waals surface area contributed by atoms with Gasteiger partial charge in [0.1, 0.15) is 12.6 Å². The van der Waals surface area contributed by atoms with Gasteiger partial charge < -0.3 is 14.8 Å². The Balaban J connectivity index is 1.16. The third kappa shape index (κ3) is 6.47. The summed E-state index contributed by atoms with van der Waals surface area (Å²) in [6, 6.07) is 18.8. The van der Waals surface area contributed by atoms with Gasteiger partial charge in [0.15, 0.2) is 0 Å². The van der Waals surface area contributed by atoms with Gasteiger partial charge in [-0.25, -0.2) is 4.79 Å². The largest absolute Gasteiger partial charge is 0.465 e. The molecule has 0 amide bonds. The molecule has 6 nitrogen and oxygen atoms in total. The molecule has 204 valence electrons. The van der Waals surface area contributed by atoms with Crippen molar-refractivity contribution in [1.82, 2.24) is 10.2 Å². The molecule has 6 heteroatoms. The van der Waals surface area contributed by atoms with Gasteiger partial charge in [0.05, 0.1) is 12.7 Å². The molecule has 0 radical (unpaired) electrons. The van der Waals surface area contributed by atoms with Crippen molar-refractivity contribution in [2.75, 3.05) is 20.2 Å². The summed E-state index contributed by atoms with van der Waals surface area (Å²) in [6.07, 6.45) is 10.5. The summed E-state index contributed by atoms with van der Waals surface area (Å²) in [4.78, 5) is 27.9. The van der Waals surface area contributed by atoms with Crippen molar-refractivity contribution in [3.05, 3.63) is 71.3 Å². The number of nitrogens with one attached hydrogen (secondary N) is 1. The third-order valence-electron chi connectivity index (χ3n) is 9.00. The lowest BCUT2D eigenvalue weighted by molar-refractivity contribution is -0.149. The molecule has 0 aromatic heterocycles. The fourth-order valence-corrected chi connectivity index (χ4v) is 7.03. The Labute approximate surface area is 227 Å². The van der Waals surface area contributed by atoms with E-state index in [4.69, 9.17) is 9.47 Å². The molecule has 2 aliphatic heterocycles. The summed E-state index contributed by atoms with van der Waals surface area (Å²) in [5.74, 6) is 0.460. The lowest BCUT2D eigenvalue weighted by atomic mass is 9.83. The molecule has 2 heterocycles. The van der Waals surface area contributed by atoms with Crippen molar-refractivity contribution < 1.29 is 19.1 Å². The summed E-state index contributed by atoms with van der Waals surface area (Å²) >= 11 is 0. The summed E-state index contributed by atoms with van der Waals surface area (Å²) in [6.45, 7) is 2.09. The van der Waals surface area contributed by atoms with Crippen LogP contribution >= 0.6 is 0 Å².